The number of ether oxygens (including phenoxy) is 1. The SMILES string of the molecule is COc1nccc(-c2ccccc2F)c1C. The van der Waals surface area contributed by atoms with Gasteiger partial charge in [-0.25, -0.2) is 9.37 Å². The lowest BCUT2D eigenvalue weighted by atomic mass is 10.0. The molecule has 0 aliphatic rings. The molecule has 0 spiro atoms. The van der Waals surface area contributed by atoms with Gasteiger partial charge in [0, 0.05) is 17.3 Å². The number of nitrogens with zero attached hydrogens (tertiary/aromatic N) is 1. The Morgan fingerprint density at radius 1 is 1.12 bits per heavy atom. The fourth-order valence-electron chi connectivity index (χ4n) is 1.69. The van der Waals surface area contributed by atoms with E-state index in [4.69, 9.17) is 4.74 Å². The van der Waals surface area contributed by atoms with Crippen molar-refractivity contribution in [2.24, 2.45) is 0 Å². The first-order valence-electron chi connectivity index (χ1n) is 4.98. The molecule has 82 valence electrons. The van der Waals surface area contributed by atoms with E-state index < -0.39 is 0 Å². The van der Waals surface area contributed by atoms with Gasteiger partial charge in [0.05, 0.1) is 7.11 Å². The van der Waals surface area contributed by atoms with Crippen molar-refractivity contribution in [3.8, 4) is 17.0 Å². The number of benzene rings is 1. The second-order valence-corrected chi connectivity index (χ2v) is 3.47. The first-order chi connectivity index (χ1) is 7.74. The van der Waals surface area contributed by atoms with Crippen molar-refractivity contribution >= 4 is 0 Å². The van der Waals surface area contributed by atoms with Gasteiger partial charge in [-0.2, -0.15) is 0 Å². The molecular formula is C13H12FNO. The normalized spacial score (nSPS) is 10.2. The molecule has 0 bridgehead atoms. The summed E-state index contributed by atoms with van der Waals surface area (Å²) < 4.78 is 18.7. The van der Waals surface area contributed by atoms with Gasteiger partial charge in [-0.3, -0.25) is 0 Å². The predicted octanol–water partition coefficient (Wildman–Crippen LogP) is 3.20. The van der Waals surface area contributed by atoms with Crippen LogP contribution >= 0.6 is 0 Å². The Kier molecular flexibility index (Phi) is 2.86. The van der Waals surface area contributed by atoms with E-state index in [1.807, 2.05) is 13.0 Å². The molecule has 0 atom stereocenters. The molecule has 0 radical (unpaired) electrons. The summed E-state index contributed by atoms with van der Waals surface area (Å²) in [5.41, 5.74) is 2.22. The van der Waals surface area contributed by atoms with Crippen LogP contribution < -0.4 is 4.74 Å². The average Bonchev–Trinajstić information content (AvgIpc) is 2.31. The Morgan fingerprint density at radius 2 is 1.88 bits per heavy atom. The monoisotopic (exact) mass is 217 g/mol. The van der Waals surface area contributed by atoms with E-state index >= 15 is 0 Å². The van der Waals surface area contributed by atoms with Gasteiger partial charge < -0.3 is 4.74 Å². The summed E-state index contributed by atoms with van der Waals surface area (Å²) in [7, 11) is 1.56. The molecule has 0 saturated carbocycles. The molecule has 2 rings (SSSR count). The Balaban J connectivity index is 2.61. The molecule has 0 amide bonds. The lowest BCUT2D eigenvalue weighted by Gasteiger charge is -2.09. The van der Waals surface area contributed by atoms with Gasteiger partial charge in [0.1, 0.15) is 5.82 Å². The number of hydrogen-bond acceptors (Lipinski definition) is 2. The minimum Gasteiger partial charge on any atom is -0.481 e. The van der Waals surface area contributed by atoms with E-state index in [0.29, 0.717) is 11.4 Å². The number of hydrogen-bond donors (Lipinski definition) is 0. The van der Waals surface area contributed by atoms with E-state index in [2.05, 4.69) is 4.98 Å². The Labute approximate surface area is 93.7 Å². The van der Waals surface area contributed by atoms with Crippen molar-refractivity contribution in [3.63, 3.8) is 0 Å². The molecule has 16 heavy (non-hydrogen) atoms. The zero-order valence-corrected chi connectivity index (χ0v) is 9.20. The number of rotatable bonds is 2. The zero-order chi connectivity index (χ0) is 11.5. The fraction of sp³-hybridized carbons (Fsp3) is 0.154. The number of aromatic nitrogens is 1. The molecular weight excluding hydrogens is 205 g/mol. The van der Waals surface area contributed by atoms with Crippen molar-refractivity contribution in [3.05, 3.63) is 47.9 Å². The fourth-order valence-corrected chi connectivity index (χ4v) is 1.69. The number of pyridine rings is 1. The number of methoxy groups -OCH3 is 1. The van der Waals surface area contributed by atoms with Crippen LogP contribution in [0.1, 0.15) is 5.56 Å². The zero-order valence-electron chi connectivity index (χ0n) is 9.20. The van der Waals surface area contributed by atoms with E-state index in [0.717, 1.165) is 11.1 Å². The molecule has 0 N–H and O–H groups in total. The summed E-state index contributed by atoms with van der Waals surface area (Å²) in [6.07, 6.45) is 1.62. The highest BCUT2D eigenvalue weighted by molar-refractivity contribution is 5.69. The van der Waals surface area contributed by atoms with Crippen LogP contribution in [0.25, 0.3) is 11.1 Å². The average molecular weight is 217 g/mol. The summed E-state index contributed by atoms with van der Waals surface area (Å²) in [4.78, 5) is 4.07. The molecule has 1 aromatic carbocycles. The minimum atomic E-state index is -0.237. The van der Waals surface area contributed by atoms with Crippen LogP contribution in [0, 0.1) is 12.7 Å². The predicted molar refractivity (Wildman–Crippen MR) is 60.9 cm³/mol. The summed E-state index contributed by atoms with van der Waals surface area (Å²) in [6.45, 7) is 1.87. The maximum atomic E-state index is 13.6. The standard InChI is InChI=1S/C13H12FNO/c1-9-10(7-8-15-13(9)16-2)11-5-3-4-6-12(11)14/h3-8H,1-2H3. The van der Waals surface area contributed by atoms with Crippen molar-refractivity contribution in [1.82, 2.24) is 4.98 Å². The van der Waals surface area contributed by atoms with Crippen molar-refractivity contribution in [1.29, 1.82) is 0 Å². The Bertz CT molecular complexity index is 511. The van der Waals surface area contributed by atoms with Gasteiger partial charge >= 0.3 is 0 Å². The second kappa shape index (κ2) is 4.31. The third kappa shape index (κ3) is 1.76. The smallest absolute Gasteiger partial charge is 0.216 e. The van der Waals surface area contributed by atoms with Crippen molar-refractivity contribution in [2.45, 2.75) is 6.92 Å². The van der Waals surface area contributed by atoms with Crippen LogP contribution in [-0.2, 0) is 0 Å². The van der Waals surface area contributed by atoms with Crippen LogP contribution in [0.5, 0.6) is 5.88 Å². The van der Waals surface area contributed by atoms with Crippen LogP contribution in [0.3, 0.4) is 0 Å². The lowest BCUT2D eigenvalue weighted by molar-refractivity contribution is 0.395. The van der Waals surface area contributed by atoms with E-state index in [-0.39, 0.29) is 5.82 Å². The Morgan fingerprint density at radius 3 is 2.56 bits per heavy atom. The molecule has 2 nitrogen and oxygen atoms in total. The van der Waals surface area contributed by atoms with Crippen molar-refractivity contribution in [2.75, 3.05) is 7.11 Å². The molecule has 0 aliphatic heterocycles. The topological polar surface area (TPSA) is 22.1 Å². The van der Waals surface area contributed by atoms with Crippen LogP contribution in [0.15, 0.2) is 36.5 Å². The van der Waals surface area contributed by atoms with Crippen LogP contribution in [0.4, 0.5) is 4.39 Å². The van der Waals surface area contributed by atoms with Gasteiger partial charge in [-0.05, 0) is 24.6 Å². The highest BCUT2D eigenvalue weighted by Gasteiger charge is 2.10. The van der Waals surface area contributed by atoms with E-state index in [9.17, 15) is 4.39 Å². The second-order valence-electron chi connectivity index (χ2n) is 3.47. The van der Waals surface area contributed by atoms with Gasteiger partial charge in [0.2, 0.25) is 5.88 Å². The maximum Gasteiger partial charge on any atom is 0.216 e. The van der Waals surface area contributed by atoms with E-state index in [1.165, 1.54) is 6.07 Å². The van der Waals surface area contributed by atoms with Crippen molar-refractivity contribution < 1.29 is 9.13 Å². The van der Waals surface area contributed by atoms with Gasteiger partial charge in [-0.1, -0.05) is 18.2 Å². The van der Waals surface area contributed by atoms with Gasteiger partial charge in [-0.15, -0.1) is 0 Å². The molecule has 3 heteroatoms. The third-order valence-electron chi connectivity index (χ3n) is 2.52. The van der Waals surface area contributed by atoms with Crippen LogP contribution in [-0.4, -0.2) is 12.1 Å². The van der Waals surface area contributed by atoms with Gasteiger partial charge in [0.25, 0.3) is 0 Å². The maximum absolute atomic E-state index is 13.6. The lowest BCUT2D eigenvalue weighted by Crippen LogP contribution is -1.94. The molecule has 1 heterocycles. The molecule has 0 aliphatic carbocycles. The summed E-state index contributed by atoms with van der Waals surface area (Å²) in [6, 6.07) is 8.46. The molecule has 0 saturated heterocycles. The quantitative estimate of drug-likeness (QED) is 0.770. The van der Waals surface area contributed by atoms with E-state index in [1.54, 1.807) is 31.5 Å². The third-order valence-corrected chi connectivity index (χ3v) is 2.52. The molecule has 1 aromatic heterocycles. The van der Waals surface area contributed by atoms with Crippen LogP contribution in [0.2, 0.25) is 0 Å². The molecule has 0 fully saturated rings. The summed E-state index contributed by atoms with van der Waals surface area (Å²) >= 11 is 0. The largest absolute Gasteiger partial charge is 0.481 e. The summed E-state index contributed by atoms with van der Waals surface area (Å²) in [5, 5.41) is 0. The highest BCUT2D eigenvalue weighted by atomic mass is 19.1. The number of halogens is 1. The van der Waals surface area contributed by atoms with Gasteiger partial charge in [0.15, 0.2) is 0 Å². The molecule has 2 aromatic rings. The minimum absolute atomic E-state index is 0.237. The summed E-state index contributed by atoms with van der Waals surface area (Å²) in [5.74, 6) is 0.291. The first kappa shape index (κ1) is 10.6. The Hall–Kier alpha value is -1.90. The highest BCUT2D eigenvalue weighted by Crippen LogP contribution is 2.29. The molecule has 0 unspecified atom stereocenters. The first-order valence-corrected chi connectivity index (χ1v) is 4.98.